The van der Waals surface area contributed by atoms with Crippen LogP contribution in [0, 0.1) is 5.92 Å². The van der Waals surface area contributed by atoms with Gasteiger partial charge in [-0.2, -0.15) is 0 Å². The van der Waals surface area contributed by atoms with Gasteiger partial charge in [0.25, 0.3) is 5.91 Å². The minimum atomic E-state index is -1.25. The largest absolute Gasteiger partial charge is 0.479 e. The molecule has 0 unspecified atom stereocenters. The molecule has 3 atom stereocenters. The van der Waals surface area contributed by atoms with Gasteiger partial charge in [-0.3, -0.25) is 9.59 Å². The Bertz CT molecular complexity index is 640. The number of rotatable bonds is 9. The molecule has 0 radical (unpaired) electrons. The van der Waals surface area contributed by atoms with Crippen molar-refractivity contribution in [3.63, 3.8) is 0 Å². The smallest absolute Gasteiger partial charge is 0.417 e. The molecule has 28 heavy (non-hydrogen) atoms. The van der Waals surface area contributed by atoms with E-state index in [1.54, 1.807) is 6.08 Å². The third-order valence-corrected chi connectivity index (χ3v) is 4.85. The predicted octanol–water partition coefficient (Wildman–Crippen LogP) is 1.97. The molecule has 156 valence electrons. The highest BCUT2D eigenvalue weighted by atomic mass is 16.6. The van der Waals surface area contributed by atoms with E-state index in [2.05, 4.69) is 0 Å². The van der Waals surface area contributed by atoms with Gasteiger partial charge in [0.15, 0.2) is 18.0 Å². The van der Waals surface area contributed by atoms with Crippen molar-refractivity contribution in [2.75, 3.05) is 20.3 Å². The summed E-state index contributed by atoms with van der Waals surface area (Å²) in [6.45, 7) is 4.06. The lowest BCUT2D eigenvalue weighted by Gasteiger charge is -2.31. The molecule has 0 spiro atoms. The SMILES string of the molecule is CO[C@H](C(=O)N1C(=O)OC[C@@H]1C(C)C)[C@@H]1OC(=CCCCCCO)C=CC1=O. The molecule has 1 N–H and O–H groups in total. The van der Waals surface area contributed by atoms with Crippen LogP contribution in [0.5, 0.6) is 0 Å². The van der Waals surface area contributed by atoms with Gasteiger partial charge in [-0.25, -0.2) is 9.69 Å². The van der Waals surface area contributed by atoms with Gasteiger partial charge in [-0.05, 0) is 43.4 Å². The zero-order valence-corrected chi connectivity index (χ0v) is 16.6. The highest BCUT2D eigenvalue weighted by molar-refractivity contribution is 6.03. The van der Waals surface area contributed by atoms with Crippen LogP contribution in [0.1, 0.15) is 39.5 Å². The Morgan fingerprint density at radius 3 is 2.71 bits per heavy atom. The molecule has 2 rings (SSSR count). The molecule has 0 bridgehead atoms. The first kappa shape index (κ1) is 22.1. The Morgan fingerprint density at radius 1 is 1.32 bits per heavy atom. The number of methoxy groups -OCH3 is 1. The molecule has 0 aromatic heterocycles. The molecule has 8 heteroatoms. The van der Waals surface area contributed by atoms with Crippen molar-refractivity contribution in [1.82, 2.24) is 4.90 Å². The summed E-state index contributed by atoms with van der Waals surface area (Å²) in [5.41, 5.74) is 0. The van der Waals surface area contributed by atoms with Crippen molar-refractivity contribution in [3.05, 3.63) is 24.0 Å². The van der Waals surface area contributed by atoms with E-state index >= 15 is 0 Å². The van der Waals surface area contributed by atoms with Crippen LogP contribution >= 0.6 is 0 Å². The lowest BCUT2D eigenvalue weighted by Crippen LogP contribution is -2.53. The number of ether oxygens (including phenoxy) is 3. The Balaban J connectivity index is 2.10. The van der Waals surface area contributed by atoms with Crippen LogP contribution in [0.25, 0.3) is 0 Å². The van der Waals surface area contributed by atoms with Gasteiger partial charge in [0.05, 0.1) is 6.04 Å². The average molecular weight is 395 g/mol. The lowest BCUT2D eigenvalue weighted by atomic mass is 10.0. The molecule has 2 aliphatic rings. The first-order chi connectivity index (χ1) is 13.4. The molecule has 1 saturated heterocycles. The number of nitrogens with zero attached hydrogens (tertiary/aromatic N) is 1. The van der Waals surface area contributed by atoms with E-state index in [0.717, 1.165) is 30.6 Å². The highest BCUT2D eigenvalue weighted by Gasteiger charge is 2.47. The number of ketones is 1. The molecule has 0 aromatic rings. The number of hydrogen-bond donors (Lipinski definition) is 1. The number of allylic oxidation sites excluding steroid dienone is 2. The number of carbonyl (C=O) groups excluding carboxylic acids is 3. The van der Waals surface area contributed by atoms with Gasteiger partial charge < -0.3 is 19.3 Å². The molecular weight excluding hydrogens is 366 g/mol. The molecule has 2 amide bonds. The summed E-state index contributed by atoms with van der Waals surface area (Å²) in [6.07, 6.45) is 4.84. The minimum absolute atomic E-state index is 0.00477. The van der Waals surface area contributed by atoms with Crippen molar-refractivity contribution in [1.29, 1.82) is 0 Å². The fraction of sp³-hybridized carbons (Fsp3) is 0.650. The molecule has 0 aromatic carbocycles. The first-order valence-electron chi connectivity index (χ1n) is 9.63. The normalized spacial score (nSPS) is 24.6. The van der Waals surface area contributed by atoms with E-state index in [1.807, 2.05) is 19.9 Å². The van der Waals surface area contributed by atoms with Crippen molar-refractivity contribution in [2.45, 2.75) is 57.8 Å². The second-order valence-electron chi connectivity index (χ2n) is 7.21. The number of imide groups is 1. The predicted molar refractivity (Wildman–Crippen MR) is 100 cm³/mol. The van der Waals surface area contributed by atoms with Crippen LogP contribution in [0.4, 0.5) is 4.79 Å². The zero-order chi connectivity index (χ0) is 20.7. The molecule has 2 heterocycles. The quantitative estimate of drug-likeness (QED) is 0.595. The third kappa shape index (κ3) is 5.20. The summed E-state index contributed by atoms with van der Waals surface area (Å²) in [5, 5.41) is 8.81. The number of unbranched alkanes of at least 4 members (excludes halogenated alkanes) is 3. The van der Waals surface area contributed by atoms with E-state index < -0.39 is 36.0 Å². The van der Waals surface area contributed by atoms with Crippen LogP contribution in [0.3, 0.4) is 0 Å². The Morgan fingerprint density at radius 2 is 2.07 bits per heavy atom. The summed E-state index contributed by atoms with van der Waals surface area (Å²) in [4.78, 5) is 38.4. The van der Waals surface area contributed by atoms with Crippen molar-refractivity contribution in [2.24, 2.45) is 5.92 Å². The summed E-state index contributed by atoms with van der Waals surface area (Å²) in [7, 11) is 1.31. The van der Waals surface area contributed by atoms with Gasteiger partial charge in [-0.1, -0.05) is 20.3 Å². The maximum Gasteiger partial charge on any atom is 0.417 e. The standard InChI is InChI=1S/C20H29NO7/c1-13(2)15-12-27-20(25)21(15)19(24)18(26-3)17-16(23)10-9-14(28-17)8-6-4-5-7-11-22/h8-10,13,15,17-18,22H,4-7,11-12H2,1-3H3/t15-,17-,18+/m1/s1. The van der Waals surface area contributed by atoms with Crippen LogP contribution < -0.4 is 0 Å². The number of cyclic esters (lactones) is 1. The van der Waals surface area contributed by atoms with Crippen LogP contribution in [-0.2, 0) is 23.8 Å². The topological polar surface area (TPSA) is 102 Å². The second kappa shape index (κ2) is 10.4. The number of hydrogen-bond acceptors (Lipinski definition) is 7. The van der Waals surface area contributed by atoms with E-state index in [0.29, 0.717) is 5.76 Å². The zero-order valence-electron chi connectivity index (χ0n) is 16.6. The lowest BCUT2D eigenvalue weighted by molar-refractivity contribution is -0.154. The van der Waals surface area contributed by atoms with Crippen molar-refractivity contribution >= 4 is 17.8 Å². The van der Waals surface area contributed by atoms with Crippen molar-refractivity contribution in [3.8, 4) is 0 Å². The number of carbonyl (C=O) groups is 3. The van der Waals surface area contributed by atoms with E-state index in [1.165, 1.54) is 13.2 Å². The monoisotopic (exact) mass is 395 g/mol. The maximum atomic E-state index is 13.0. The van der Waals surface area contributed by atoms with Gasteiger partial charge >= 0.3 is 6.09 Å². The average Bonchev–Trinajstić information content (AvgIpc) is 3.06. The van der Waals surface area contributed by atoms with E-state index in [-0.39, 0.29) is 19.1 Å². The first-order valence-corrected chi connectivity index (χ1v) is 9.63. The Kier molecular flexibility index (Phi) is 8.19. The maximum absolute atomic E-state index is 13.0. The summed E-state index contributed by atoms with van der Waals surface area (Å²) in [5.74, 6) is -0.552. The van der Waals surface area contributed by atoms with Gasteiger partial charge in [0.1, 0.15) is 12.4 Å². The van der Waals surface area contributed by atoms with Gasteiger partial charge in [0.2, 0.25) is 0 Å². The third-order valence-electron chi connectivity index (χ3n) is 4.85. The molecule has 0 aliphatic carbocycles. The van der Waals surface area contributed by atoms with Crippen LogP contribution in [-0.4, -0.2) is 66.4 Å². The summed E-state index contributed by atoms with van der Waals surface area (Å²) >= 11 is 0. The molecule has 1 fully saturated rings. The Hall–Kier alpha value is -2.19. The second-order valence-corrected chi connectivity index (χ2v) is 7.21. The van der Waals surface area contributed by atoms with Crippen LogP contribution in [0.15, 0.2) is 24.0 Å². The molecule has 0 saturated carbocycles. The van der Waals surface area contributed by atoms with Gasteiger partial charge in [-0.15, -0.1) is 0 Å². The summed E-state index contributed by atoms with van der Waals surface area (Å²) in [6, 6.07) is -0.409. The van der Waals surface area contributed by atoms with E-state index in [4.69, 9.17) is 19.3 Å². The van der Waals surface area contributed by atoms with E-state index in [9.17, 15) is 14.4 Å². The number of aliphatic hydroxyl groups is 1. The number of aliphatic hydroxyl groups excluding tert-OH is 1. The van der Waals surface area contributed by atoms with Crippen molar-refractivity contribution < 1.29 is 33.7 Å². The van der Waals surface area contributed by atoms with Gasteiger partial charge in [0, 0.05) is 13.7 Å². The summed E-state index contributed by atoms with van der Waals surface area (Å²) < 4.78 is 16.0. The minimum Gasteiger partial charge on any atom is -0.479 e. The highest BCUT2D eigenvalue weighted by Crippen LogP contribution is 2.25. The Labute approximate surface area is 165 Å². The molecule has 8 nitrogen and oxygen atoms in total. The fourth-order valence-electron chi connectivity index (χ4n) is 3.18. The fourth-order valence-corrected chi connectivity index (χ4v) is 3.18. The van der Waals surface area contributed by atoms with Crippen LogP contribution in [0.2, 0.25) is 0 Å². The molecular formula is C20H29NO7. The number of amides is 2. The molecule has 2 aliphatic heterocycles.